The minimum absolute atomic E-state index is 0.00195. The molecule has 1 aromatic heterocycles. The number of furan rings is 1. The van der Waals surface area contributed by atoms with Crippen molar-refractivity contribution >= 4 is 16.9 Å². The number of nitrogens with one attached hydrogen (secondary N) is 1. The van der Waals surface area contributed by atoms with Crippen molar-refractivity contribution in [1.29, 1.82) is 0 Å². The van der Waals surface area contributed by atoms with Gasteiger partial charge in [0.2, 0.25) is 0 Å². The molecule has 1 amide bonds. The summed E-state index contributed by atoms with van der Waals surface area (Å²) < 4.78 is 5.81. The number of hydrogen-bond acceptors (Lipinski definition) is 3. The van der Waals surface area contributed by atoms with Crippen LogP contribution in [0.4, 0.5) is 0 Å². The minimum Gasteiger partial charge on any atom is -0.450 e. The topological polar surface area (TPSA) is 62.5 Å². The van der Waals surface area contributed by atoms with E-state index in [9.17, 15) is 4.79 Å². The Morgan fingerprint density at radius 3 is 2.43 bits per heavy atom. The van der Waals surface area contributed by atoms with Gasteiger partial charge in [-0.15, -0.1) is 0 Å². The summed E-state index contributed by atoms with van der Waals surface area (Å²) in [5.41, 5.74) is 3.77. The maximum absolute atomic E-state index is 12.4. The lowest BCUT2D eigenvalue weighted by Gasteiger charge is -2.18. The van der Waals surface area contributed by atoms with Gasteiger partial charge >= 0.3 is 0 Å². The van der Waals surface area contributed by atoms with Gasteiger partial charge in [-0.05, 0) is 44.7 Å². The fourth-order valence-electron chi connectivity index (χ4n) is 2.46. The molecule has 2 aromatic rings. The Labute approximate surface area is 125 Å². The second-order valence-corrected chi connectivity index (χ2v) is 5.88. The second kappa shape index (κ2) is 5.90. The molecule has 0 spiro atoms. The highest BCUT2D eigenvalue weighted by molar-refractivity contribution is 6.00. The van der Waals surface area contributed by atoms with Crippen molar-refractivity contribution in [2.24, 2.45) is 5.92 Å². The number of benzene rings is 1. The average molecular weight is 289 g/mol. The summed E-state index contributed by atoms with van der Waals surface area (Å²) in [6, 6.07) is 3.93. The summed E-state index contributed by atoms with van der Waals surface area (Å²) in [7, 11) is 0. The molecule has 0 fully saturated rings. The first-order valence-electron chi connectivity index (χ1n) is 7.27. The molecule has 4 nitrogen and oxygen atoms in total. The summed E-state index contributed by atoms with van der Waals surface area (Å²) in [5.74, 6) is 0.136. The summed E-state index contributed by atoms with van der Waals surface area (Å²) in [5, 5.41) is 13.1. The van der Waals surface area contributed by atoms with E-state index in [-0.39, 0.29) is 24.5 Å². The van der Waals surface area contributed by atoms with E-state index in [1.165, 1.54) is 0 Å². The first-order chi connectivity index (χ1) is 9.86. The molecule has 4 heteroatoms. The summed E-state index contributed by atoms with van der Waals surface area (Å²) in [4.78, 5) is 12.4. The van der Waals surface area contributed by atoms with Gasteiger partial charge in [-0.1, -0.05) is 19.1 Å². The van der Waals surface area contributed by atoms with Gasteiger partial charge in [0.25, 0.3) is 5.91 Å². The Kier molecular flexibility index (Phi) is 4.37. The highest BCUT2D eigenvalue weighted by Crippen LogP contribution is 2.30. The van der Waals surface area contributed by atoms with Crippen molar-refractivity contribution in [3.63, 3.8) is 0 Å². The number of aliphatic hydroxyl groups is 1. The number of amides is 1. The Morgan fingerprint density at radius 1 is 1.24 bits per heavy atom. The van der Waals surface area contributed by atoms with Crippen LogP contribution in [0.5, 0.6) is 0 Å². The lowest BCUT2D eigenvalue weighted by molar-refractivity contribution is 0.0889. The lowest BCUT2D eigenvalue weighted by Crippen LogP contribution is -2.38. The van der Waals surface area contributed by atoms with Gasteiger partial charge in [0, 0.05) is 23.6 Å². The van der Waals surface area contributed by atoms with Crippen LogP contribution in [0, 0.1) is 26.7 Å². The number of aliphatic hydroxyl groups excluding tert-OH is 1. The summed E-state index contributed by atoms with van der Waals surface area (Å²) in [6.07, 6.45) is 0. The van der Waals surface area contributed by atoms with Crippen molar-refractivity contribution in [1.82, 2.24) is 5.32 Å². The normalized spacial score (nSPS) is 14.2. The molecule has 0 saturated heterocycles. The SMILES string of the molecule is Cc1ccc(C)c2c(C)c(C(=O)NC(C)C(C)CO)oc12. The maximum atomic E-state index is 12.4. The van der Waals surface area contributed by atoms with Crippen LogP contribution in [0.25, 0.3) is 11.0 Å². The fraction of sp³-hybridized carbons (Fsp3) is 0.471. The third kappa shape index (κ3) is 2.81. The zero-order valence-electron chi connectivity index (χ0n) is 13.3. The molecule has 0 bridgehead atoms. The van der Waals surface area contributed by atoms with E-state index in [0.717, 1.165) is 27.7 Å². The van der Waals surface area contributed by atoms with Gasteiger partial charge in [0.05, 0.1) is 0 Å². The molecule has 2 N–H and O–H groups in total. The maximum Gasteiger partial charge on any atom is 0.287 e. The molecular formula is C17H23NO3. The van der Waals surface area contributed by atoms with Crippen molar-refractivity contribution in [2.75, 3.05) is 6.61 Å². The van der Waals surface area contributed by atoms with Gasteiger partial charge in [0.15, 0.2) is 5.76 Å². The zero-order valence-corrected chi connectivity index (χ0v) is 13.3. The Bertz CT molecular complexity index is 672. The molecule has 21 heavy (non-hydrogen) atoms. The van der Waals surface area contributed by atoms with Crippen LogP contribution in [0.2, 0.25) is 0 Å². The van der Waals surface area contributed by atoms with Crippen LogP contribution in [-0.2, 0) is 0 Å². The van der Waals surface area contributed by atoms with E-state index < -0.39 is 0 Å². The van der Waals surface area contributed by atoms with Crippen LogP contribution in [0.1, 0.15) is 41.1 Å². The lowest BCUT2D eigenvalue weighted by atomic mass is 10.0. The Hall–Kier alpha value is -1.81. The quantitative estimate of drug-likeness (QED) is 0.909. The highest BCUT2D eigenvalue weighted by Gasteiger charge is 2.22. The average Bonchev–Trinajstić information content (AvgIpc) is 2.81. The third-order valence-electron chi connectivity index (χ3n) is 4.19. The molecular weight excluding hydrogens is 266 g/mol. The smallest absolute Gasteiger partial charge is 0.287 e. The van der Waals surface area contributed by atoms with Gasteiger partial charge < -0.3 is 14.8 Å². The standard InChI is InChI=1S/C17H23NO3/c1-9-6-7-10(2)15-14(9)12(4)16(21-15)17(20)18-13(5)11(3)8-19/h6-7,11,13,19H,8H2,1-5H3,(H,18,20). The molecule has 0 radical (unpaired) electrons. The number of carbonyl (C=O) groups is 1. The van der Waals surface area contributed by atoms with Gasteiger partial charge in [-0.25, -0.2) is 0 Å². The van der Waals surface area contributed by atoms with E-state index >= 15 is 0 Å². The number of hydrogen-bond donors (Lipinski definition) is 2. The summed E-state index contributed by atoms with van der Waals surface area (Å²) >= 11 is 0. The predicted octanol–water partition coefficient (Wildman–Crippen LogP) is 3.10. The predicted molar refractivity (Wildman–Crippen MR) is 83.6 cm³/mol. The van der Waals surface area contributed by atoms with E-state index in [2.05, 4.69) is 5.32 Å². The molecule has 114 valence electrons. The van der Waals surface area contributed by atoms with Crippen molar-refractivity contribution < 1.29 is 14.3 Å². The van der Waals surface area contributed by atoms with Crippen LogP contribution in [0.15, 0.2) is 16.5 Å². The highest BCUT2D eigenvalue weighted by atomic mass is 16.3. The molecule has 2 atom stereocenters. The van der Waals surface area contributed by atoms with E-state index in [4.69, 9.17) is 9.52 Å². The van der Waals surface area contributed by atoms with Gasteiger partial charge in [-0.2, -0.15) is 0 Å². The van der Waals surface area contributed by atoms with Crippen LogP contribution < -0.4 is 5.32 Å². The first-order valence-corrected chi connectivity index (χ1v) is 7.27. The van der Waals surface area contributed by atoms with E-state index in [0.29, 0.717) is 5.76 Å². The van der Waals surface area contributed by atoms with Crippen molar-refractivity contribution in [2.45, 2.75) is 40.7 Å². The molecule has 0 saturated carbocycles. The third-order valence-corrected chi connectivity index (χ3v) is 4.19. The first kappa shape index (κ1) is 15.6. The second-order valence-electron chi connectivity index (χ2n) is 5.88. The van der Waals surface area contributed by atoms with Crippen LogP contribution in [-0.4, -0.2) is 23.7 Å². The number of rotatable bonds is 4. The molecule has 0 aliphatic heterocycles. The Balaban J connectivity index is 2.39. The minimum atomic E-state index is -0.227. The van der Waals surface area contributed by atoms with Crippen molar-refractivity contribution in [3.8, 4) is 0 Å². The largest absolute Gasteiger partial charge is 0.450 e. The van der Waals surface area contributed by atoms with E-state index in [1.54, 1.807) is 0 Å². The molecule has 0 aliphatic rings. The van der Waals surface area contributed by atoms with Crippen LogP contribution in [0.3, 0.4) is 0 Å². The zero-order chi connectivity index (χ0) is 15.7. The molecule has 2 unspecified atom stereocenters. The van der Waals surface area contributed by atoms with Gasteiger partial charge in [-0.3, -0.25) is 4.79 Å². The molecule has 1 heterocycles. The van der Waals surface area contributed by atoms with E-state index in [1.807, 2.05) is 46.8 Å². The number of aryl methyl sites for hydroxylation is 3. The molecule has 0 aliphatic carbocycles. The number of carbonyl (C=O) groups excluding carboxylic acids is 1. The molecule has 2 rings (SSSR count). The monoisotopic (exact) mass is 289 g/mol. The van der Waals surface area contributed by atoms with Crippen LogP contribution >= 0.6 is 0 Å². The van der Waals surface area contributed by atoms with Gasteiger partial charge in [0.1, 0.15) is 5.58 Å². The molecule has 1 aromatic carbocycles. The summed E-state index contributed by atoms with van der Waals surface area (Å²) in [6.45, 7) is 9.72. The fourth-order valence-corrected chi connectivity index (χ4v) is 2.46. The Morgan fingerprint density at radius 2 is 1.86 bits per heavy atom. The number of fused-ring (bicyclic) bond motifs is 1. The van der Waals surface area contributed by atoms with Crippen molar-refractivity contribution in [3.05, 3.63) is 34.6 Å².